The fourth-order valence-electron chi connectivity index (χ4n) is 3.78. The molecule has 2 unspecified atom stereocenters. The van der Waals surface area contributed by atoms with Gasteiger partial charge >= 0.3 is 12.1 Å². The Morgan fingerprint density at radius 3 is 2.35 bits per heavy atom. The van der Waals surface area contributed by atoms with Gasteiger partial charge in [0.05, 0.1) is 30.4 Å². The van der Waals surface area contributed by atoms with Crippen LogP contribution in [0.3, 0.4) is 0 Å². The van der Waals surface area contributed by atoms with Gasteiger partial charge in [0.2, 0.25) is 11.8 Å². The first-order valence-electron chi connectivity index (χ1n) is 11.3. The third-order valence-electron chi connectivity index (χ3n) is 5.48. The molecule has 0 fully saturated rings. The summed E-state index contributed by atoms with van der Waals surface area (Å²) >= 11 is 0. The van der Waals surface area contributed by atoms with Gasteiger partial charge in [-0.3, -0.25) is 24.1 Å². The van der Waals surface area contributed by atoms with Crippen LogP contribution in [0.4, 0.5) is 16.2 Å². The van der Waals surface area contributed by atoms with Gasteiger partial charge in [-0.1, -0.05) is 42.5 Å². The molecule has 0 saturated carbocycles. The first-order chi connectivity index (χ1) is 17.7. The highest BCUT2D eigenvalue weighted by atomic mass is 16.5. The van der Waals surface area contributed by atoms with Crippen LogP contribution in [-0.4, -0.2) is 66.3 Å². The van der Waals surface area contributed by atoms with Gasteiger partial charge < -0.3 is 30.2 Å². The van der Waals surface area contributed by atoms with E-state index in [1.54, 1.807) is 42.5 Å². The van der Waals surface area contributed by atoms with Crippen LogP contribution in [0.25, 0.3) is 0 Å². The van der Waals surface area contributed by atoms with E-state index in [4.69, 9.17) is 9.84 Å². The van der Waals surface area contributed by atoms with Crippen LogP contribution in [0.5, 0.6) is 0 Å². The van der Waals surface area contributed by atoms with Gasteiger partial charge in [-0.15, -0.1) is 0 Å². The number of carboxylic acid groups (broad SMARTS) is 1. The minimum Gasteiger partial charge on any atom is -0.481 e. The van der Waals surface area contributed by atoms with Crippen molar-refractivity contribution in [1.82, 2.24) is 10.6 Å². The lowest BCUT2D eigenvalue weighted by Crippen LogP contribution is -2.54. The number of aliphatic carboxylic acids is 1. The van der Waals surface area contributed by atoms with Crippen molar-refractivity contribution < 1.29 is 38.6 Å². The summed E-state index contributed by atoms with van der Waals surface area (Å²) in [6.07, 6.45) is -1.24. The maximum atomic E-state index is 13.5. The molecule has 1 aliphatic rings. The SMILES string of the molecule is CC(=O)N1CC(NC(=O)OCc2ccccc2)C(=O)N(CC(=O)NC(C=O)CC(=O)O)c2ccccc21. The van der Waals surface area contributed by atoms with Crippen molar-refractivity contribution in [3.05, 3.63) is 60.2 Å². The molecule has 2 aromatic rings. The fourth-order valence-corrected chi connectivity index (χ4v) is 3.78. The number of carboxylic acids is 1. The molecule has 1 aliphatic heterocycles. The average molecular weight is 511 g/mol. The van der Waals surface area contributed by atoms with Crippen molar-refractivity contribution in [3.8, 4) is 0 Å². The molecule has 0 aromatic heterocycles. The molecule has 0 spiro atoms. The lowest BCUT2D eigenvalue weighted by atomic mass is 10.2. The third kappa shape index (κ3) is 7.13. The Balaban J connectivity index is 1.84. The molecule has 194 valence electrons. The number of aldehydes is 1. The molecule has 3 N–H and O–H groups in total. The number of alkyl carbamates (subject to hydrolysis) is 1. The number of benzene rings is 2. The molecule has 2 atom stereocenters. The number of carbonyl (C=O) groups is 6. The normalized spacial score (nSPS) is 15.6. The van der Waals surface area contributed by atoms with Crippen LogP contribution in [0.2, 0.25) is 0 Å². The van der Waals surface area contributed by atoms with Crippen molar-refractivity contribution in [3.63, 3.8) is 0 Å². The third-order valence-corrected chi connectivity index (χ3v) is 5.48. The highest BCUT2D eigenvalue weighted by Gasteiger charge is 2.37. The van der Waals surface area contributed by atoms with E-state index < -0.39 is 54.8 Å². The number of nitrogens with zero attached hydrogens (tertiary/aromatic N) is 2. The molecule has 0 aliphatic carbocycles. The van der Waals surface area contributed by atoms with Gasteiger partial charge in [-0.2, -0.15) is 0 Å². The molecule has 0 radical (unpaired) electrons. The zero-order valence-electron chi connectivity index (χ0n) is 20.0. The van der Waals surface area contributed by atoms with E-state index in [2.05, 4.69) is 10.6 Å². The van der Waals surface area contributed by atoms with Crippen LogP contribution in [0, 0.1) is 0 Å². The first-order valence-corrected chi connectivity index (χ1v) is 11.3. The summed E-state index contributed by atoms with van der Waals surface area (Å²) in [6, 6.07) is 12.7. The van der Waals surface area contributed by atoms with Gasteiger partial charge in [-0.25, -0.2) is 4.79 Å². The van der Waals surface area contributed by atoms with E-state index in [9.17, 15) is 28.8 Å². The van der Waals surface area contributed by atoms with Crippen LogP contribution in [0.15, 0.2) is 54.6 Å². The Hall–Kier alpha value is -4.74. The van der Waals surface area contributed by atoms with Gasteiger partial charge in [-0.05, 0) is 17.7 Å². The monoisotopic (exact) mass is 510 g/mol. The molecule has 0 bridgehead atoms. The lowest BCUT2D eigenvalue weighted by molar-refractivity contribution is -0.139. The summed E-state index contributed by atoms with van der Waals surface area (Å²) < 4.78 is 5.22. The van der Waals surface area contributed by atoms with E-state index in [0.717, 1.165) is 10.5 Å². The Bertz CT molecular complexity index is 1190. The number of fused-ring (bicyclic) bond motifs is 1. The van der Waals surface area contributed by atoms with E-state index in [-0.39, 0.29) is 25.1 Å². The van der Waals surface area contributed by atoms with Gasteiger partial charge in [0, 0.05) is 6.92 Å². The van der Waals surface area contributed by atoms with Crippen molar-refractivity contribution >= 4 is 47.4 Å². The molecule has 12 nitrogen and oxygen atoms in total. The largest absolute Gasteiger partial charge is 0.481 e. The summed E-state index contributed by atoms with van der Waals surface area (Å²) in [7, 11) is 0. The molecular weight excluding hydrogens is 484 g/mol. The van der Waals surface area contributed by atoms with Crippen molar-refractivity contribution in [2.24, 2.45) is 0 Å². The predicted octanol–water partition coefficient (Wildman–Crippen LogP) is 0.839. The number of para-hydroxylation sites is 2. The molecule has 1 heterocycles. The molecule has 37 heavy (non-hydrogen) atoms. The Morgan fingerprint density at radius 1 is 1.08 bits per heavy atom. The van der Waals surface area contributed by atoms with Crippen LogP contribution < -0.4 is 20.4 Å². The molecule has 3 rings (SSSR count). The number of nitrogens with one attached hydrogen (secondary N) is 2. The summed E-state index contributed by atoms with van der Waals surface area (Å²) in [5, 5.41) is 13.6. The summed E-state index contributed by atoms with van der Waals surface area (Å²) in [5.74, 6) is -3.20. The van der Waals surface area contributed by atoms with Gasteiger partial charge in [0.25, 0.3) is 5.91 Å². The summed E-state index contributed by atoms with van der Waals surface area (Å²) in [6.45, 7) is 0.435. The predicted molar refractivity (Wildman–Crippen MR) is 131 cm³/mol. The Labute approximate surface area is 212 Å². The molecule has 0 saturated heterocycles. The number of ether oxygens (including phenoxy) is 1. The molecule has 2 aromatic carbocycles. The highest BCUT2D eigenvalue weighted by Crippen LogP contribution is 2.32. The molecule has 12 heteroatoms. The molecule has 4 amide bonds. The van der Waals surface area contributed by atoms with E-state index >= 15 is 0 Å². The van der Waals surface area contributed by atoms with Gasteiger partial charge in [0.15, 0.2) is 0 Å². The number of amides is 4. The highest BCUT2D eigenvalue weighted by molar-refractivity contribution is 6.09. The Morgan fingerprint density at radius 2 is 1.73 bits per heavy atom. The van der Waals surface area contributed by atoms with E-state index in [1.165, 1.54) is 17.9 Å². The first kappa shape index (κ1) is 26.9. The quantitative estimate of drug-likeness (QED) is 0.418. The van der Waals surface area contributed by atoms with Crippen molar-refractivity contribution in [1.29, 1.82) is 0 Å². The Kier molecular flexibility index (Phi) is 8.92. The maximum Gasteiger partial charge on any atom is 0.408 e. The van der Waals surface area contributed by atoms with Crippen LogP contribution in [-0.2, 0) is 35.3 Å². The van der Waals surface area contributed by atoms with Crippen molar-refractivity contribution in [2.75, 3.05) is 22.9 Å². The molecular formula is C25H26N4O8. The zero-order valence-corrected chi connectivity index (χ0v) is 20.0. The lowest BCUT2D eigenvalue weighted by Gasteiger charge is -2.25. The smallest absolute Gasteiger partial charge is 0.408 e. The summed E-state index contributed by atoms with van der Waals surface area (Å²) in [4.78, 5) is 75.7. The zero-order chi connectivity index (χ0) is 26.9. The van der Waals surface area contributed by atoms with Crippen molar-refractivity contribution in [2.45, 2.75) is 32.0 Å². The topological polar surface area (TPSA) is 162 Å². The van der Waals surface area contributed by atoms with Gasteiger partial charge in [0.1, 0.15) is 25.5 Å². The number of hydrogen-bond donors (Lipinski definition) is 3. The minimum absolute atomic E-state index is 0.0486. The average Bonchev–Trinajstić information content (AvgIpc) is 2.98. The van der Waals surface area contributed by atoms with E-state index in [0.29, 0.717) is 5.69 Å². The minimum atomic E-state index is -1.29. The second-order valence-corrected chi connectivity index (χ2v) is 8.21. The fraction of sp³-hybridized carbons (Fsp3) is 0.280. The summed E-state index contributed by atoms with van der Waals surface area (Å²) in [5.41, 5.74) is 1.28. The van der Waals surface area contributed by atoms with Crippen LogP contribution in [0.1, 0.15) is 18.9 Å². The second-order valence-electron chi connectivity index (χ2n) is 8.21. The van der Waals surface area contributed by atoms with Crippen LogP contribution >= 0.6 is 0 Å². The number of carbonyl (C=O) groups excluding carboxylic acids is 5. The standard InChI is InChI=1S/C25H26N4O8/c1-16(31)28-12-19(27-25(36)37-15-17-7-3-2-4-8-17)24(35)29(21-10-6-5-9-20(21)28)13-22(32)26-18(14-30)11-23(33)34/h2-10,14,18-19H,11-13,15H2,1H3,(H,26,32)(H,27,36)(H,33,34). The number of rotatable bonds is 9. The van der Waals surface area contributed by atoms with E-state index in [1.807, 2.05) is 6.07 Å². The maximum absolute atomic E-state index is 13.5. The number of anilines is 2. The number of hydrogen-bond acceptors (Lipinski definition) is 7. The second kappa shape index (κ2) is 12.3.